The van der Waals surface area contributed by atoms with Crippen LogP contribution >= 0.6 is 15.9 Å². The molecule has 1 aliphatic carbocycles. The molecule has 0 unspecified atom stereocenters. The van der Waals surface area contributed by atoms with Crippen molar-refractivity contribution in [1.29, 1.82) is 0 Å². The van der Waals surface area contributed by atoms with Gasteiger partial charge in [-0.2, -0.15) is 0 Å². The molecule has 0 aromatic heterocycles. The van der Waals surface area contributed by atoms with Gasteiger partial charge in [0.25, 0.3) is 5.91 Å². The fraction of sp³-hybridized carbons (Fsp3) is 0.263. The van der Waals surface area contributed by atoms with Gasteiger partial charge < -0.3 is 10.1 Å². The number of aryl methyl sites for hydroxylation is 2. The predicted octanol–water partition coefficient (Wildman–Crippen LogP) is 4.12. The molecule has 0 saturated heterocycles. The van der Waals surface area contributed by atoms with E-state index in [1.54, 1.807) is 18.2 Å². The molecule has 124 valence electrons. The van der Waals surface area contributed by atoms with Gasteiger partial charge in [0.1, 0.15) is 0 Å². The van der Waals surface area contributed by atoms with Crippen molar-refractivity contribution in [3.05, 3.63) is 63.6 Å². The first-order valence-corrected chi connectivity index (χ1v) is 8.75. The highest BCUT2D eigenvalue weighted by molar-refractivity contribution is 9.10. The summed E-state index contributed by atoms with van der Waals surface area (Å²) in [6.45, 7) is -0.300. The number of amides is 1. The molecule has 24 heavy (non-hydrogen) atoms. The number of esters is 1. The molecule has 0 spiro atoms. The quantitative estimate of drug-likeness (QED) is 0.802. The van der Waals surface area contributed by atoms with E-state index in [0.29, 0.717) is 11.3 Å². The van der Waals surface area contributed by atoms with Crippen molar-refractivity contribution in [3.8, 4) is 0 Å². The summed E-state index contributed by atoms with van der Waals surface area (Å²) < 4.78 is 6.05. The van der Waals surface area contributed by atoms with Crippen molar-refractivity contribution in [2.75, 3.05) is 11.9 Å². The van der Waals surface area contributed by atoms with Gasteiger partial charge in [-0.05, 0) is 73.2 Å². The maximum Gasteiger partial charge on any atom is 0.338 e. The summed E-state index contributed by atoms with van der Waals surface area (Å²) in [5, 5.41) is 2.69. The van der Waals surface area contributed by atoms with Gasteiger partial charge in [0, 0.05) is 10.2 Å². The van der Waals surface area contributed by atoms with E-state index in [-0.39, 0.29) is 12.5 Å². The molecule has 0 aliphatic heterocycles. The Labute approximate surface area is 149 Å². The Kier molecular flexibility index (Phi) is 5.30. The number of hydrogen-bond donors (Lipinski definition) is 1. The molecule has 2 aromatic rings. The van der Waals surface area contributed by atoms with E-state index in [1.807, 2.05) is 24.3 Å². The number of hydrogen-bond acceptors (Lipinski definition) is 3. The van der Waals surface area contributed by atoms with Crippen LogP contribution in [0.25, 0.3) is 0 Å². The van der Waals surface area contributed by atoms with Gasteiger partial charge in [0.2, 0.25) is 0 Å². The number of ether oxygens (including phenoxy) is 1. The average molecular weight is 388 g/mol. The molecule has 0 heterocycles. The van der Waals surface area contributed by atoms with Crippen molar-refractivity contribution in [1.82, 2.24) is 0 Å². The number of rotatable bonds is 4. The highest BCUT2D eigenvalue weighted by Crippen LogP contribution is 2.22. The standard InChI is InChI=1S/C19H18BrNO3/c20-16-7-9-17(10-8-16)21-18(22)12-24-19(23)15-6-5-13-3-1-2-4-14(13)11-15/h5-11H,1-4,12H2,(H,21,22). The van der Waals surface area contributed by atoms with Gasteiger partial charge in [-0.15, -0.1) is 0 Å². The fourth-order valence-electron chi connectivity index (χ4n) is 2.81. The number of fused-ring (bicyclic) bond motifs is 1. The van der Waals surface area contributed by atoms with Crippen LogP contribution in [0, 0.1) is 0 Å². The number of nitrogens with one attached hydrogen (secondary N) is 1. The van der Waals surface area contributed by atoms with Crippen molar-refractivity contribution in [3.63, 3.8) is 0 Å². The van der Waals surface area contributed by atoms with E-state index in [9.17, 15) is 9.59 Å². The average Bonchev–Trinajstić information content (AvgIpc) is 2.61. The van der Waals surface area contributed by atoms with Crippen LogP contribution in [0.1, 0.15) is 34.3 Å². The summed E-state index contributed by atoms with van der Waals surface area (Å²) in [6.07, 6.45) is 4.43. The zero-order valence-electron chi connectivity index (χ0n) is 13.2. The lowest BCUT2D eigenvalue weighted by Gasteiger charge is -2.16. The zero-order chi connectivity index (χ0) is 16.9. The maximum atomic E-state index is 12.1. The number of anilines is 1. The van der Waals surface area contributed by atoms with Gasteiger partial charge in [0.05, 0.1) is 5.56 Å². The number of halogens is 1. The lowest BCUT2D eigenvalue weighted by atomic mass is 9.90. The highest BCUT2D eigenvalue weighted by atomic mass is 79.9. The molecule has 0 bridgehead atoms. The Morgan fingerprint density at radius 3 is 2.46 bits per heavy atom. The number of carbonyl (C=O) groups excluding carboxylic acids is 2. The maximum absolute atomic E-state index is 12.1. The van der Waals surface area contributed by atoms with Crippen LogP contribution in [0.4, 0.5) is 5.69 Å². The lowest BCUT2D eigenvalue weighted by molar-refractivity contribution is -0.119. The molecular weight excluding hydrogens is 370 g/mol. The first-order valence-electron chi connectivity index (χ1n) is 7.96. The van der Waals surface area contributed by atoms with Crippen molar-refractivity contribution < 1.29 is 14.3 Å². The van der Waals surface area contributed by atoms with Crippen molar-refractivity contribution in [2.45, 2.75) is 25.7 Å². The Hall–Kier alpha value is -2.14. The van der Waals surface area contributed by atoms with Crippen LogP contribution in [0.15, 0.2) is 46.9 Å². The summed E-state index contributed by atoms with van der Waals surface area (Å²) in [4.78, 5) is 24.0. The van der Waals surface area contributed by atoms with Crippen LogP contribution in [0.2, 0.25) is 0 Å². The molecule has 5 heteroatoms. The largest absolute Gasteiger partial charge is 0.452 e. The van der Waals surface area contributed by atoms with E-state index >= 15 is 0 Å². The summed E-state index contributed by atoms with van der Waals surface area (Å²) in [5.41, 5.74) is 3.70. The monoisotopic (exact) mass is 387 g/mol. The molecule has 3 rings (SSSR count). The predicted molar refractivity (Wildman–Crippen MR) is 96.1 cm³/mol. The second-order valence-corrected chi connectivity index (χ2v) is 6.74. The zero-order valence-corrected chi connectivity index (χ0v) is 14.8. The summed E-state index contributed by atoms with van der Waals surface area (Å²) in [7, 11) is 0. The second kappa shape index (κ2) is 7.62. The second-order valence-electron chi connectivity index (χ2n) is 5.82. The van der Waals surface area contributed by atoms with Crippen LogP contribution in [-0.4, -0.2) is 18.5 Å². The molecule has 1 N–H and O–H groups in total. The molecule has 1 aliphatic rings. The van der Waals surface area contributed by atoms with E-state index in [4.69, 9.17) is 4.74 Å². The minimum Gasteiger partial charge on any atom is -0.452 e. The highest BCUT2D eigenvalue weighted by Gasteiger charge is 2.15. The Morgan fingerprint density at radius 1 is 1.00 bits per heavy atom. The molecule has 2 aromatic carbocycles. The van der Waals surface area contributed by atoms with Gasteiger partial charge in [-0.3, -0.25) is 4.79 Å². The SMILES string of the molecule is O=C(COC(=O)c1ccc2c(c1)CCCC2)Nc1ccc(Br)cc1. The normalized spacial score (nSPS) is 13.0. The van der Waals surface area contributed by atoms with Gasteiger partial charge in [-0.25, -0.2) is 4.79 Å². The molecular formula is C19H18BrNO3. The summed E-state index contributed by atoms with van der Waals surface area (Å²) in [5.74, 6) is -0.821. The van der Waals surface area contributed by atoms with E-state index in [1.165, 1.54) is 17.5 Å². The van der Waals surface area contributed by atoms with Gasteiger partial charge >= 0.3 is 5.97 Å². The first kappa shape index (κ1) is 16.7. The molecule has 4 nitrogen and oxygen atoms in total. The van der Waals surface area contributed by atoms with Crippen LogP contribution in [0.3, 0.4) is 0 Å². The van der Waals surface area contributed by atoms with Crippen molar-refractivity contribution >= 4 is 33.5 Å². The smallest absolute Gasteiger partial charge is 0.338 e. The van der Waals surface area contributed by atoms with Crippen molar-refractivity contribution in [2.24, 2.45) is 0 Å². The molecule has 1 amide bonds. The lowest BCUT2D eigenvalue weighted by Crippen LogP contribution is -2.21. The first-order chi connectivity index (χ1) is 11.6. The number of benzene rings is 2. The third-order valence-electron chi connectivity index (χ3n) is 4.05. The van der Waals surface area contributed by atoms with Gasteiger partial charge in [-0.1, -0.05) is 22.0 Å². The topological polar surface area (TPSA) is 55.4 Å². The van der Waals surface area contributed by atoms with Gasteiger partial charge in [0.15, 0.2) is 6.61 Å². The van der Waals surface area contributed by atoms with Crippen LogP contribution < -0.4 is 5.32 Å². The Balaban J connectivity index is 1.55. The Morgan fingerprint density at radius 2 is 1.71 bits per heavy atom. The van der Waals surface area contributed by atoms with Crippen LogP contribution in [0.5, 0.6) is 0 Å². The molecule has 0 fully saturated rings. The fourth-order valence-corrected chi connectivity index (χ4v) is 3.07. The summed E-state index contributed by atoms with van der Waals surface area (Å²) in [6, 6.07) is 12.9. The van der Waals surface area contributed by atoms with E-state index < -0.39 is 5.97 Å². The molecule has 0 atom stereocenters. The Bertz CT molecular complexity index is 756. The molecule has 0 saturated carbocycles. The van der Waals surface area contributed by atoms with Crippen LogP contribution in [-0.2, 0) is 22.4 Å². The minimum absolute atomic E-state index is 0.300. The van der Waals surface area contributed by atoms with E-state index in [2.05, 4.69) is 21.2 Å². The third-order valence-corrected chi connectivity index (χ3v) is 4.58. The van der Waals surface area contributed by atoms with E-state index in [0.717, 1.165) is 23.7 Å². The minimum atomic E-state index is -0.464. The third kappa shape index (κ3) is 4.23. The summed E-state index contributed by atoms with van der Waals surface area (Å²) >= 11 is 3.33. The number of carbonyl (C=O) groups is 2. The molecule has 0 radical (unpaired) electrons.